The predicted molar refractivity (Wildman–Crippen MR) is 38.2 cm³/mol. The van der Waals surface area contributed by atoms with Crippen LogP contribution >= 0.6 is 12.2 Å². The Morgan fingerprint density at radius 1 is 1.88 bits per heavy atom. The Labute approximate surface area is 54.4 Å². The van der Waals surface area contributed by atoms with Crippen LogP contribution in [-0.4, -0.2) is 11.7 Å². The van der Waals surface area contributed by atoms with Crippen molar-refractivity contribution in [1.82, 2.24) is 0 Å². The molecule has 0 aromatic heterocycles. The second kappa shape index (κ2) is 4.48. The van der Waals surface area contributed by atoms with Crippen molar-refractivity contribution in [3.05, 3.63) is 17.9 Å². The Morgan fingerprint density at radius 2 is 2.50 bits per heavy atom. The summed E-state index contributed by atoms with van der Waals surface area (Å²) < 4.78 is 0. The van der Waals surface area contributed by atoms with Crippen LogP contribution < -0.4 is 0 Å². The minimum Gasteiger partial charge on any atom is -0.227 e. The molecular weight excluding hydrogens is 118 g/mol. The molecule has 0 saturated heterocycles. The predicted octanol–water partition coefficient (Wildman–Crippen LogP) is 1.82. The zero-order valence-electron chi connectivity index (χ0n) is 4.77. The van der Waals surface area contributed by atoms with Gasteiger partial charge in [0.25, 0.3) is 0 Å². The van der Waals surface area contributed by atoms with E-state index >= 15 is 0 Å². The molecule has 2 heteroatoms. The quantitative estimate of drug-likeness (QED) is 0.311. The van der Waals surface area contributed by atoms with Gasteiger partial charge >= 0.3 is 0 Å². The lowest BCUT2D eigenvalue weighted by Crippen LogP contribution is -1.76. The van der Waals surface area contributed by atoms with Gasteiger partial charge in [-0.2, -0.15) is 0 Å². The van der Waals surface area contributed by atoms with Gasteiger partial charge in [-0.25, -0.2) is 4.99 Å². The average Bonchev–Trinajstić information content (AvgIpc) is 1.83. The van der Waals surface area contributed by atoms with Crippen molar-refractivity contribution in [3.8, 4) is 0 Å². The number of isothiocyanates is 1. The zero-order valence-corrected chi connectivity index (χ0v) is 5.59. The topological polar surface area (TPSA) is 12.4 Å². The second-order valence-corrected chi connectivity index (χ2v) is 1.55. The van der Waals surface area contributed by atoms with Crippen molar-refractivity contribution in [2.45, 2.75) is 6.92 Å². The molecule has 0 aromatic carbocycles. The molecule has 0 aliphatic heterocycles. The Bertz CT molecular complexity index is 159. The van der Waals surface area contributed by atoms with Gasteiger partial charge in [0, 0.05) is 0 Å². The van der Waals surface area contributed by atoms with Crippen LogP contribution in [0.2, 0.25) is 0 Å². The maximum atomic E-state index is 4.34. The highest BCUT2D eigenvalue weighted by molar-refractivity contribution is 7.78. The Kier molecular flexibility index (Phi) is 4.10. The van der Waals surface area contributed by atoms with Crippen molar-refractivity contribution in [3.63, 3.8) is 0 Å². The first-order valence-electron chi connectivity index (χ1n) is 2.20. The molecule has 0 aliphatic carbocycles. The van der Waals surface area contributed by atoms with Crippen molar-refractivity contribution >= 4 is 17.4 Å². The van der Waals surface area contributed by atoms with Gasteiger partial charge in [-0.1, -0.05) is 6.58 Å². The summed E-state index contributed by atoms with van der Waals surface area (Å²) in [6, 6.07) is 0. The fraction of sp³-hybridized carbons (Fsp3) is 0.333. The molecule has 42 valence electrons. The standard InChI is InChI=1S/C6H7NS/c1-3-6(2)4-7-5-8/h1,4H2,2H3. The minimum absolute atomic E-state index is 0.576. The lowest BCUT2D eigenvalue weighted by molar-refractivity contribution is 1.16. The Morgan fingerprint density at radius 3 is 2.88 bits per heavy atom. The molecule has 0 N–H and O–H groups in total. The number of hydrogen-bond acceptors (Lipinski definition) is 2. The van der Waals surface area contributed by atoms with E-state index in [1.54, 1.807) is 0 Å². The number of hydrogen-bond donors (Lipinski definition) is 0. The number of thiocarbonyl (C=S) groups is 1. The first-order valence-corrected chi connectivity index (χ1v) is 2.61. The van der Waals surface area contributed by atoms with E-state index in [9.17, 15) is 0 Å². The molecule has 0 aromatic rings. The van der Waals surface area contributed by atoms with Crippen LogP contribution in [0.1, 0.15) is 6.92 Å². The highest BCUT2D eigenvalue weighted by Crippen LogP contribution is 1.85. The fourth-order valence-corrected chi connectivity index (χ4v) is 0.271. The molecule has 0 heterocycles. The van der Waals surface area contributed by atoms with Crippen LogP contribution in [0.25, 0.3) is 0 Å². The second-order valence-electron chi connectivity index (χ2n) is 1.36. The molecule has 0 spiro atoms. The van der Waals surface area contributed by atoms with Crippen LogP contribution in [-0.2, 0) is 0 Å². The summed E-state index contributed by atoms with van der Waals surface area (Å²) >= 11 is 4.34. The van der Waals surface area contributed by atoms with Gasteiger partial charge in [0.1, 0.15) is 0 Å². The molecule has 0 rings (SSSR count). The molecule has 0 fully saturated rings. The third-order valence-electron chi connectivity index (χ3n) is 0.683. The van der Waals surface area contributed by atoms with Crippen LogP contribution in [0.4, 0.5) is 0 Å². The number of aliphatic imine (C=N–C) groups is 1. The molecule has 0 bridgehead atoms. The molecule has 0 atom stereocenters. The number of nitrogens with zero attached hydrogens (tertiary/aromatic N) is 1. The van der Waals surface area contributed by atoms with E-state index in [0.29, 0.717) is 6.54 Å². The molecule has 0 unspecified atom stereocenters. The molecule has 1 nitrogen and oxygen atoms in total. The van der Waals surface area contributed by atoms with Crippen molar-refractivity contribution < 1.29 is 0 Å². The Balaban J connectivity index is 3.73. The van der Waals surface area contributed by atoms with E-state index in [0.717, 1.165) is 5.57 Å². The lowest BCUT2D eigenvalue weighted by Gasteiger charge is -1.82. The van der Waals surface area contributed by atoms with E-state index in [-0.39, 0.29) is 0 Å². The third-order valence-corrected chi connectivity index (χ3v) is 0.812. The van der Waals surface area contributed by atoms with Gasteiger partial charge in [-0.3, -0.25) is 0 Å². The summed E-state index contributed by atoms with van der Waals surface area (Å²) in [5.41, 5.74) is 3.67. The van der Waals surface area contributed by atoms with Gasteiger partial charge in [0.05, 0.1) is 11.7 Å². The van der Waals surface area contributed by atoms with Crippen molar-refractivity contribution in [2.75, 3.05) is 6.54 Å². The van der Waals surface area contributed by atoms with Gasteiger partial charge in [0.2, 0.25) is 0 Å². The van der Waals surface area contributed by atoms with E-state index in [4.69, 9.17) is 0 Å². The van der Waals surface area contributed by atoms with Crippen LogP contribution in [0, 0.1) is 0 Å². The molecule has 0 aliphatic rings. The van der Waals surface area contributed by atoms with E-state index in [1.807, 2.05) is 6.92 Å². The van der Waals surface area contributed by atoms with Gasteiger partial charge in [-0.05, 0) is 24.7 Å². The van der Waals surface area contributed by atoms with Gasteiger partial charge in [0.15, 0.2) is 0 Å². The fourth-order valence-electron chi connectivity index (χ4n) is 0.207. The smallest absolute Gasteiger partial charge is 0.0774 e. The zero-order chi connectivity index (χ0) is 6.41. The lowest BCUT2D eigenvalue weighted by atomic mass is 10.3. The summed E-state index contributed by atoms with van der Waals surface area (Å²) in [7, 11) is 0. The van der Waals surface area contributed by atoms with Gasteiger partial charge in [-0.15, -0.1) is 5.73 Å². The maximum absolute atomic E-state index is 4.34. The molecule has 8 heavy (non-hydrogen) atoms. The highest BCUT2D eigenvalue weighted by atomic mass is 32.1. The van der Waals surface area contributed by atoms with Crippen LogP contribution in [0.3, 0.4) is 0 Å². The normalized spacial score (nSPS) is 6.62. The van der Waals surface area contributed by atoms with E-state index in [2.05, 4.69) is 34.7 Å². The summed E-state index contributed by atoms with van der Waals surface area (Å²) in [4.78, 5) is 3.67. The summed E-state index contributed by atoms with van der Waals surface area (Å²) in [6.45, 7) is 5.90. The molecule has 0 amide bonds. The molecule has 0 saturated carbocycles. The van der Waals surface area contributed by atoms with Crippen molar-refractivity contribution in [2.24, 2.45) is 4.99 Å². The summed E-state index contributed by atoms with van der Waals surface area (Å²) in [5.74, 6) is 0. The summed E-state index contributed by atoms with van der Waals surface area (Å²) in [5, 5.41) is 2.25. The highest BCUT2D eigenvalue weighted by Gasteiger charge is 1.77. The van der Waals surface area contributed by atoms with Crippen molar-refractivity contribution in [1.29, 1.82) is 0 Å². The largest absolute Gasteiger partial charge is 0.227 e. The molecular formula is C6H7NS. The monoisotopic (exact) mass is 125 g/mol. The van der Waals surface area contributed by atoms with E-state index in [1.165, 1.54) is 0 Å². The first-order chi connectivity index (χ1) is 3.81. The van der Waals surface area contributed by atoms with Crippen LogP contribution in [0.5, 0.6) is 0 Å². The van der Waals surface area contributed by atoms with Gasteiger partial charge < -0.3 is 0 Å². The third kappa shape index (κ3) is 3.51. The average molecular weight is 125 g/mol. The number of rotatable bonds is 2. The maximum Gasteiger partial charge on any atom is 0.0774 e. The molecule has 0 radical (unpaired) electrons. The van der Waals surface area contributed by atoms with E-state index < -0.39 is 0 Å². The SMILES string of the molecule is C=C=C(C)CN=C=S. The minimum atomic E-state index is 0.576. The van der Waals surface area contributed by atoms with Crippen LogP contribution in [0.15, 0.2) is 22.9 Å². The first kappa shape index (κ1) is 7.32. The summed E-state index contributed by atoms with van der Waals surface area (Å²) in [6.07, 6.45) is 0. The Hall–Kier alpha value is -0.680.